The standard InChI is InChI=1S/C27H25FN6O2/c1-27(2,36)20-8-6-16(7-9-20)26(35)29-12-18-5-4-17(10-22(18)28)24-21-11-23(19-13-32-34(3)14-19)33-25(21)31-15-30-24/h4-11,13-15,36H,12H2,1-3H3,(H,29,35)(H,30,31,33). The highest BCUT2D eigenvalue weighted by atomic mass is 19.1. The second-order valence-electron chi connectivity index (χ2n) is 9.20. The van der Waals surface area contributed by atoms with Crippen LogP contribution in [0.5, 0.6) is 0 Å². The largest absolute Gasteiger partial charge is 0.386 e. The summed E-state index contributed by atoms with van der Waals surface area (Å²) in [7, 11) is 1.84. The minimum atomic E-state index is -0.990. The Morgan fingerprint density at radius 2 is 1.89 bits per heavy atom. The number of H-pyrrole nitrogens is 1. The molecule has 0 saturated carbocycles. The smallest absolute Gasteiger partial charge is 0.251 e. The first-order chi connectivity index (χ1) is 17.2. The minimum Gasteiger partial charge on any atom is -0.386 e. The molecule has 36 heavy (non-hydrogen) atoms. The molecule has 9 heteroatoms. The fourth-order valence-corrected chi connectivity index (χ4v) is 4.03. The van der Waals surface area contributed by atoms with Gasteiger partial charge in [-0.25, -0.2) is 14.4 Å². The van der Waals surface area contributed by atoms with Crippen molar-refractivity contribution < 1.29 is 14.3 Å². The van der Waals surface area contributed by atoms with Gasteiger partial charge in [0.05, 0.1) is 23.2 Å². The zero-order valence-corrected chi connectivity index (χ0v) is 20.1. The average Bonchev–Trinajstić information content (AvgIpc) is 3.48. The lowest BCUT2D eigenvalue weighted by atomic mass is 9.97. The molecule has 0 unspecified atom stereocenters. The summed E-state index contributed by atoms with van der Waals surface area (Å²) in [5.74, 6) is -0.770. The van der Waals surface area contributed by atoms with Crippen LogP contribution in [0, 0.1) is 5.82 Å². The number of aliphatic hydroxyl groups is 1. The lowest BCUT2D eigenvalue weighted by Gasteiger charge is -2.17. The first-order valence-corrected chi connectivity index (χ1v) is 11.4. The summed E-state index contributed by atoms with van der Waals surface area (Å²) in [6, 6.07) is 13.4. The lowest BCUT2D eigenvalue weighted by molar-refractivity contribution is 0.0784. The molecular weight excluding hydrogens is 459 g/mol. The van der Waals surface area contributed by atoms with Gasteiger partial charge in [0.15, 0.2) is 0 Å². The van der Waals surface area contributed by atoms with E-state index in [0.717, 1.165) is 16.6 Å². The van der Waals surface area contributed by atoms with Crippen LogP contribution in [0.1, 0.15) is 35.3 Å². The third-order valence-corrected chi connectivity index (χ3v) is 6.06. The Morgan fingerprint density at radius 1 is 1.11 bits per heavy atom. The highest BCUT2D eigenvalue weighted by Gasteiger charge is 2.17. The van der Waals surface area contributed by atoms with Gasteiger partial charge in [0.2, 0.25) is 0 Å². The lowest BCUT2D eigenvalue weighted by Crippen LogP contribution is -2.23. The number of carbonyl (C=O) groups excluding carboxylic acids is 1. The summed E-state index contributed by atoms with van der Waals surface area (Å²) >= 11 is 0. The maximum absolute atomic E-state index is 15.0. The monoisotopic (exact) mass is 484 g/mol. The molecule has 5 aromatic rings. The topological polar surface area (TPSA) is 109 Å². The molecule has 0 radical (unpaired) electrons. The van der Waals surface area contributed by atoms with E-state index >= 15 is 4.39 Å². The number of carbonyl (C=O) groups is 1. The normalized spacial score (nSPS) is 11.7. The number of hydrogen-bond donors (Lipinski definition) is 3. The van der Waals surface area contributed by atoms with Gasteiger partial charge in [-0.2, -0.15) is 5.10 Å². The van der Waals surface area contributed by atoms with Crippen molar-refractivity contribution in [3.8, 4) is 22.5 Å². The fourth-order valence-electron chi connectivity index (χ4n) is 4.03. The Labute approximate surface area is 206 Å². The number of rotatable bonds is 6. The highest BCUT2D eigenvalue weighted by Crippen LogP contribution is 2.30. The number of halogens is 1. The van der Waals surface area contributed by atoms with Crippen molar-refractivity contribution in [2.45, 2.75) is 26.0 Å². The highest BCUT2D eigenvalue weighted by molar-refractivity contribution is 5.95. The first-order valence-electron chi connectivity index (χ1n) is 11.4. The second kappa shape index (κ2) is 9.01. The van der Waals surface area contributed by atoms with E-state index in [-0.39, 0.29) is 12.5 Å². The number of hydrogen-bond acceptors (Lipinski definition) is 5. The van der Waals surface area contributed by atoms with Gasteiger partial charge in [0.1, 0.15) is 17.8 Å². The summed E-state index contributed by atoms with van der Waals surface area (Å²) < 4.78 is 16.7. The van der Waals surface area contributed by atoms with E-state index in [1.165, 1.54) is 12.4 Å². The van der Waals surface area contributed by atoms with Crippen molar-refractivity contribution in [2.24, 2.45) is 7.05 Å². The van der Waals surface area contributed by atoms with Gasteiger partial charge in [-0.3, -0.25) is 9.48 Å². The van der Waals surface area contributed by atoms with E-state index in [0.29, 0.717) is 33.6 Å². The molecule has 182 valence electrons. The SMILES string of the molecule is Cn1cc(-c2cc3c(-c4ccc(CNC(=O)c5ccc(C(C)(C)O)cc5)c(F)c4)ncnc3[nH]2)cn1. The van der Waals surface area contributed by atoms with Crippen LogP contribution in [-0.2, 0) is 19.2 Å². The number of nitrogens with one attached hydrogen (secondary N) is 2. The van der Waals surface area contributed by atoms with Crippen molar-refractivity contribution in [1.29, 1.82) is 0 Å². The Bertz CT molecular complexity index is 1560. The maximum Gasteiger partial charge on any atom is 0.251 e. The van der Waals surface area contributed by atoms with E-state index in [1.807, 2.05) is 19.3 Å². The van der Waals surface area contributed by atoms with E-state index in [2.05, 4.69) is 25.4 Å². The molecule has 0 aliphatic carbocycles. The second-order valence-corrected chi connectivity index (χ2v) is 9.20. The van der Waals surface area contributed by atoms with Crippen molar-refractivity contribution >= 4 is 16.9 Å². The maximum atomic E-state index is 15.0. The summed E-state index contributed by atoms with van der Waals surface area (Å²) in [4.78, 5) is 24.5. The van der Waals surface area contributed by atoms with Crippen molar-refractivity contribution in [3.05, 3.63) is 89.8 Å². The van der Waals surface area contributed by atoms with Gasteiger partial charge in [0.25, 0.3) is 5.91 Å². The zero-order chi connectivity index (χ0) is 25.4. The number of benzene rings is 2. The molecule has 0 aliphatic heterocycles. The number of fused-ring (bicyclic) bond motifs is 1. The molecule has 2 aromatic carbocycles. The summed E-state index contributed by atoms with van der Waals surface area (Å²) in [5, 5.41) is 17.8. The van der Waals surface area contributed by atoms with Gasteiger partial charge in [-0.05, 0) is 43.7 Å². The Balaban J connectivity index is 1.34. The summed E-state index contributed by atoms with van der Waals surface area (Å²) in [6.45, 7) is 3.39. The molecular formula is C27H25FN6O2. The van der Waals surface area contributed by atoms with Crippen LogP contribution in [0.3, 0.4) is 0 Å². The van der Waals surface area contributed by atoms with E-state index in [4.69, 9.17) is 0 Å². The average molecular weight is 485 g/mol. The van der Waals surface area contributed by atoms with Crippen LogP contribution < -0.4 is 5.32 Å². The van der Waals surface area contributed by atoms with Gasteiger partial charge in [-0.15, -0.1) is 0 Å². The zero-order valence-electron chi connectivity index (χ0n) is 20.1. The van der Waals surface area contributed by atoms with Crippen LogP contribution in [0.4, 0.5) is 4.39 Å². The third-order valence-electron chi connectivity index (χ3n) is 6.06. The number of nitrogens with zero attached hydrogens (tertiary/aromatic N) is 4. The number of aryl methyl sites for hydroxylation is 1. The van der Waals surface area contributed by atoms with Gasteiger partial charge in [0, 0.05) is 47.4 Å². The number of aromatic nitrogens is 5. The minimum absolute atomic E-state index is 0.0344. The van der Waals surface area contributed by atoms with Crippen molar-refractivity contribution in [1.82, 2.24) is 30.0 Å². The van der Waals surface area contributed by atoms with Crippen molar-refractivity contribution in [2.75, 3.05) is 0 Å². The van der Waals surface area contributed by atoms with Crippen LogP contribution in [0.25, 0.3) is 33.5 Å². The van der Waals surface area contributed by atoms with Crippen molar-refractivity contribution in [3.63, 3.8) is 0 Å². The molecule has 3 aromatic heterocycles. The predicted octanol–water partition coefficient (Wildman–Crippen LogP) is 4.32. The van der Waals surface area contributed by atoms with E-state index in [9.17, 15) is 9.90 Å². The summed E-state index contributed by atoms with van der Waals surface area (Å²) in [6.07, 6.45) is 5.08. The predicted molar refractivity (Wildman–Crippen MR) is 134 cm³/mol. The molecule has 0 aliphatic rings. The Morgan fingerprint density at radius 3 is 2.56 bits per heavy atom. The number of aromatic amines is 1. The van der Waals surface area contributed by atoms with Crippen LogP contribution in [0.15, 0.2) is 67.3 Å². The third kappa shape index (κ3) is 4.60. The van der Waals surface area contributed by atoms with Crippen LogP contribution >= 0.6 is 0 Å². The molecule has 5 rings (SSSR count). The van der Waals surface area contributed by atoms with E-state index in [1.54, 1.807) is 61.1 Å². The molecule has 0 fully saturated rings. The van der Waals surface area contributed by atoms with Gasteiger partial charge < -0.3 is 15.4 Å². The first kappa shape index (κ1) is 23.4. The number of amides is 1. The summed E-state index contributed by atoms with van der Waals surface area (Å²) in [5.41, 5.74) is 4.11. The van der Waals surface area contributed by atoms with Gasteiger partial charge >= 0.3 is 0 Å². The van der Waals surface area contributed by atoms with Gasteiger partial charge in [-0.1, -0.05) is 24.3 Å². The quantitative estimate of drug-likeness (QED) is 0.333. The molecule has 0 bridgehead atoms. The Hall–Kier alpha value is -4.37. The molecule has 3 heterocycles. The molecule has 1 amide bonds. The molecule has 0 spiro atoms. The fraction of sp³-hybridized carbons (Fsp3) is 0.185. The van der Waals surface area contributed by atoms with Crippen LogP contribution in [0.2, 0.25) is 0 Å². The van der Waals surface area contributed by atoms with Crippen LogP contribution in [-0.4, -0.2) is 35.7 Å². The molecule has 8 nitrogen and oxygen atoms in total. The molecule has 0 saturated heterocycles. The van der Waals surface area contributed by atoms with E-state index < -0.39 is 11.4 Å². The molecule has 3 N–H and O–H groups in total. The Kier molecular flexibility index (Phi) is 5.85. The molecule has 0 atom stereocenters.